The minimum Gasteiger partial charge on any atom is -0.455 e. The fraction of sp³-hybridized carbons (Fsp3) is 0.300. The first kappa shape index (κ1) is 19.9. The molecule has 1 N–H and O–H groups in total. The van der Waals surface area contributed by atoms with Crippen molar-refractivity contribution in [1.29, 1.82) is 0 Å². The molecule has 0 heterocycles. The highest BCUT2D eigenvalue weighted by Crippen LogP contribution is 2.27. The van der Waals surface area contributed by atoms with E-state index in [-0.39, 0.29) is 11.4 Å². The number of nitro benzene ring substituents is 1. The molecule has 0 unspecified atom stereocenters. The molecule has 2 aromatic carbocycles. The number of hydrogen-bond donors (Lipinski definition) is 1. The van der Waals surface area contributed by atoms with Crippen molar-refractivity contribution in [3.63, 3.8) is 0 Å². The van der Waals surface area contributed by atoms with E-state index in [9.17, 15) is 19.7 Å². The number of rotatable bonds is 7. The Balaban J connectivity index is 1.46. The Morgan fingerprint density at radius 2 is 1.96 bits per heavy atom. The minimum atomic E-state index is -0.542. The van der Waals surface area contributed by atoms with Crippen LogP contribution in [0.4, 0.5) is 11.4 Å². The molecule has 7 nitrogen and oxygen atoms in total. The quantitative estimate of drug-likeness (QED) is 0.330. The van der Waals surface area contributed by atoms with Gasteiger partial charge >= 0.3 is 5.97 Å². The Hall–Kier alpha value is -2.87. The lowest BCUT2D eigenvalue weighted by Crippen LogP contribution is -2.22. The first-order valence-electron chi connectivity index (χ1n) is 8.87. The van der Waals surface area contributed by atoms with Gasteiger partial charge in [-0.3, -0.25) is 19.7 Å². The molecular weight excluding hydrogens is 380 g/mol. The van der Waals surface area contributed by atoms with Crippen LogP contribution in [0.2, 0.25) is 0 Å². The minimum absolute atomic E-state index is 0.113. The van der Waals surface area contributed by atoms with Crippen LogP contribution in [0, 0.1) is 17.0 Å². The lowest BCUT2D eigenvalue weighted by atomic mass is 10.1. The number of non-ortho nitro benzene ring substituents is 1. The molecule has 0 radical (unpaired) electrons. The van der Waals surface area contributed by atoms with Crippen molar-refractivity contribution in [2.45, 2.75) is 31.1 Å². The Labute approximate surface area is 166 Å². The summed E-state index contributed by atoms with van der Waals surface area (Å²) in [6.07, 6.45) is 3.36. The van der Waals surface area contributed by atoms with Crippen LogP contribution in [0.3, 0.4) is 0 Å². The molecule has 1 aliphatic carbocycles. The van der Waals surface area contributed by atoms with E-state index in [0.29, 0.717) is 11.3 Å². The Kier molecular flexibility index (Phi) is 6.30. The molecule has 8 heteroatoms. The second-order valence-corrected chi connectivity index (χ2v) is 7.59. The standard InChI is InChI=1S/C20H20N2O5S/c1-13-5-7-16(22(25)26)10-18(13)21-19(23)11-27-20(24)12-28-17-8-6-14-3-2-4-15(14)9-17/h5-10H,2-4,11-12H2,1H3,(H,21,23). The van der Waals surface area contributed by atoms with Crippen LogP contribution in [-0.2, 0) is 27.2 Å². The predicted octanol–water partition coefficient (Wildman–Crippen LogP) is 3.67. The number of amides is 1. The molecular formula is C20H20N2O5S. The molecule has 0 fully saturated rings. The first-order chi connectivity index (χ1) is 13.4. The van der Waals surface area contributed by atoms with Gasteiger partial charge in [-0.05, 0) is 55.0 Å². The summed E-state index contributed by atoms with van der Waals surface area (Å²) in [4.78, 5) is 35.2. The number of carbonyl (C=O) groups is 2. The van der Waals surface area contributed by atoms with Crippen LogP contribution in [-0.4, -0.2) is 29.2 Å². The summed E-state index contributed by atoms with van der Waals surface area (Å²) in [5.74, 6) is -0.919. The van der Waals surface area contributed by atoms with Gasteiger partial charge in [0.15, 0.2) is 6.61 Å². The van der Waals surface area contributed by atoms with Crippen LogP contribution in [0.25, 0.3) is 0 Å². The zero-order valence-electron chi connectivity index (χ0n) is 15.4. The number of hydrogen-bond acceptors (Lipinski definition) is 6. The lowest BCUT2D eigenvalue weighted by molar-refractivity contribution is -0.384. The molecule has 0 bridgehead atoms. The Morgan fingerprint density at radius 3 is 2.75 bits per heavy atom. The number of nitrogens with zero attached hydrogens (tertiary/aromatic N) is 1. The highest BCUT2D eigenvalue weighted by Gasteiger charge is 2.14. The van der Waals surface area contributed by atoms with Crippen LogP contribution >= 0.6 is 11.8 Å². The van der Waals surface area contributed by atoms with E-state index in [4.69, 9.17) is 4.74 Å². The average molecular weight is 400 g/mol. The summed E-state index contributed by atoms with van der Waals surface area (Å²) in [5, 5.41) is 13.4. The molecule has 1 aliphatic rings. The fourth-order valence-electron chi connectivity index (χ4n) is 3.01. The number of thioether (sulfide) groups is 1. The molecule has 3 rings (SSSR count). The third-order valence-electron chi connectivity index (χ3n) is 4.50. The van der Waals surface area contributed by atoms with Gasteiger partial charge in [0.1, 0.15) is 0 Å². The summed E-state index contributed by atoms with van der Waals surface area (Å²) in [6, 6.07) is 10.4. The van der Waals surface area contributed by atoms with Crippen molar-refractivity contribution in [2.75, 3.05) is 17.7 Å². The molecule has 28 heavy (non-hydrogen) atoms. The molecule has 0 spiro atoms. The average Bonchev–Trinajstić information content (AvgIpc) is 3.14. The zero-order chi connectivity index (χ0) is 20.1. The van der Waals surface area contributed by atoms with E-state index in [2.05, 4.69) is 17.4 Å². The van der Waals surface area contributed by atoms with E-state index < -0.39 is 23.4 Å². The number of anilines is 1. The van der Waals surface area contributed by atoms with Gasteiger partial charge in [-0.25, -0.2) is 0 Å². The second-order valence-electron chi connectivity index (χ2n) is 6.54. The van der Waals surface area contributed by atoms with Crippen molar-refractivity contribution in [3.05, 3.63) is 63.2 Å². The van der Waals surface area contributed by atoms with Gasteiger partial charge in [-0.2, -0.15) is 0 Å². The summed E-state index contributed by atoms with van der Waals surface area (Å²) in [7, 11) is 0. The summed E-state index contributed by atoms with van der Waals surface area (Å²) in [5.41, 5.74) is 3.59. The van der Waals surface area contributed by atoms with Crippen molar-refractivity contribution < 1.29 is 19.2 Å². The fourth-order valence-corrected chi connectivity index (χ4v) is 3.77. The van der Waals surface area contributed by atoms with Crippen LogP contribution in [0.5, 0.6) is 0 Å². The molecule has 146 valence electrons. The lowest BCUT2D eigenvalue weighted by Gasteiger charge is -2.09. The van der Waals surface area contributed by atoms with E-state index in [1.165, 1.54) is 41.4 Å². The molecule has 1 amide bonds. The van der Waals surface area contributed by atoms with Gasteiger partial charge in [0.05, 0.1) is 16.4 Å². The number of ether oxygens (including phenoxy) is 1. The van der Waals surface area contributed by atoms with Crippen molar-refractivity contribution in [3.8, 4) is 0 Å². The molecule has 0 atom stereocenters. The molecule has 2 aromatic rings. The van der Waals surface area contributed by atoms with E-state index >= 15 is 0 Å². The maximum absolute atomic E-state index is 12.0. The largest absolute Gasteiger partial charge is 0.455 e. The van der Waals surface area contributed by atoms with Crippen molar-refractivity contribution in [1.82, 2.24) is 0 Å². The SMILES string of the molecule is Cc1ccc([N+](=O)[O-])cc1NC(=O)COC(=O)CSc1ccc2c(c1)CCC2. The first-order valence-corrected chi connectivity index (χ1v) is 9.86. The number of aryl methyl sites for hydroxylation is 3. The number of nitro groups is 1. The smallest absolute Gasteiger partial charge is 0.316 e. The topological polar surface area (TPSA) is 98.5 Å². The zero-order valence-corrected chi connectivity index (χ0v) is 16.2. The number of benzene rings is 2. The van der Waals surface area contributed by atoms with Gasteiger partial charge in [0, 0.05) is 17.0 Å². The third-order valence-corrected chi connectivity index (χ3v) is 5.46. The number of esters is 1. The van der Waals surface area contributed by atoms with Gasteiger partial charge in [0.2, 0.25) is 0 Å². The van der Waals surface area contributed by atoms with E-state index in [1.807, 2.05) is 6.07 Å². The predicted molar refractivity (Wildman–Crippen MR) is 107 cm³/mol. The summed E-state index contributed by atoms with van der Waals surface area (Å²) >= 11 is 1.38. The highest BCUT2D eigenvalue weighted by molar-refractivity contribution is 8.00. The van der Waals surface area contributed by atoms with Gasteiger partial charge in [0.25, 0.3) is 11.6 Å². The van der Waals surface area contributed by atoms with Crippen LogP contribution < -0.4 is 5.32 Å². The molecule has 0 saturated carbocycles. The van der Waals surface area contributed by atoms with Crippen LogP contribution in [0.1, 0.15) is 23.1 Å². The maximum atomic E-state index is 12.0. The van der Waals surface area contributed by atoms with Gasteiger partial charge in [-0.15, -0.1) is 11.8 Å². The molecule has 0 saturated heterocycles. The highest BCUT2D eigenvalue weighted by atomic mass is 32.2. The number of nitrogens with one attached hydrogen (secondary N) is 1. The monoisotopic (exact) mass is 400 g/mol. The normalized spacial score (nSPS) is 12.3. The van der Waals surface area contributed by atoms with E-state index in [0.717, 1.165) is 17.7 Å². The van der Waals surface area contributed by atoms with Crippen LogP contribution in [0.15, 0.2) is 41.3 Å². The second kappa shape index (κ2) is 8.88. The van der Waals surface area contributed by atoms with Crippen molar-refractivity contribution in [2.24, 2.45) is 0 Å². The number of fused-ring (bicyclic) bond motifs is 1. The maximum Gasteiger partial charge on any atom is 0.316 e. The van der Waals surface area contributed by atoms with Gasteiger partial charge < -0.3 is 10.1 Å². The molecule has 0 aliphatic heterocycles. The summed E-state index contributed by atoms with van der Waals surface area (Å²) in [6.45, 7) is 1.28. The van der Waals surface area contributed by atoms with E-state index in [1.54, 1.807) is 13.0 Å². The number of carbonyl (C=O) groups excluding carboxylic acids is 2. The Morgan fingerprint density at radius 1 is 1.18 bits per heavy atom. The molecule has 0 aromatic heterocycles. The van der Waals surface area contributed by atoms with Crippen molar-refractivity contribution >= 4 is 35.0 Å². The Bertz CT molecular complexity index is 929. The third kappa shape index (κ3) is 5.10. The van der Waals surface area contributed by atoms with Gasteiger partial charge in [-0.1, -0.05) is 12.1 Å². The summed E-state index contributed by atoms with van der Waals surface area (Å²) < 4.78 is 5.00.